The van der Waals surface area contributed by atoms with Crippen LogP contribution in [-0.4, -0.2) is 50.6 Å². The van der Waals surface area contributed by atoms with Crippen LogP contribution in [-0.2, 0) is 16.4 Å². The average molecular weight is 326 g/mol. The van der Waals surface area contributed by atoms with E-state index in [1.807, 2.05) is 19.1 Å². The van der Waals surface area contributed by atoms with Crippen molar-refractivity contribution in [3.8, 4) is 5.88 Å². The topological polar surface area (TPSA) is 92.7 Å². The Hall–Kier alpha value is -1.83. The third-order valence-corrected chi connectivity index (χ3v) is 5.14. The Morgan fingerprint density at radius 2 is 2.36 bits per heavy atom. The third-order valence-electron chi connectivity index (χ3n) is 3.37. The van der Waals surface area contributed by atoms with Crippen molar-refractivity contribution in [2.24, 2.45) is 4.99 Å². The number of guanidine groups is 1. The molecule has 2 rings (SSSR count). The van der Waals surface area contributed by atoms with E-state index in [4.69, 9.17) is 4.74 Å². The van der Waals surface area contributed by atoms with Gasteiger partial charge in [-0.25, -0.2) is 13.4 Å². The molecule has 0 radical (unpaired) electrons. The van der Waals surface area contributed by atoms with Crippen LogP contribution in [0, 0.1) is 0 Å². The van der Waals surface area contributed by atoms with E-state index in [1.165, 1.54) is 0 Å². The van der Waals surface area contributed by atoms with E-state index in [0.29, 0.717) is 31.4 Å². The molecule has 2 heterocycles. The molecule has 0 spiro atoms. The molecular formula is C14H22N4O3S. The lowest BCUT2D eigenvalue weighted by Crippen LogP contribution is -2.43. The Kier molecular flexibility index (Phi) is 5.59. The molecule has 0 aromatic carbocycles. The molecule has 1 saturated heterocycles. The normalized spacial score (nSPS) is 20.6. The summed E-state index contributed by atoms with van der Waals surface area (Å²) < 4.78 is 28.4. The van der Waals surface area contributed by atoms with Gasteiger partial charge >= 0.3 is 0 Å². The van der Waals surface area contributed by atoms with Gasteiger partial charge in [-0.15, -0.1) is 0 Å². The molecule has 1 fully saturated rings. The Labute approximate surface area is 131 Å². The molecule has 1 atom stereocenters. The Balaban J connectivity index is 1.92. The van der Waals surface area contributed by atoms with Gasteiger partial charge < -0.3 is 15.4 Å². The zero-order valence-electron chi connectivity index (χ0n) is 12.9. The van der Waals surface area contributed by atoms with E-state index in [2.05, 4.69) is 20.6 Å². The standard InChI is InChI=1S/C14H22N4O3S/c1-3-21-13-11(5-4-7-16-13)9-17-14(15-2)18-12-6-8-22(19,20)10-12/h4-5,7,12H,3,6,8-10H2,1-2H3,(H2,15,17,18). The molecule has 0 saturated carbocycles. The van der Waals surface area contributed by atoms with Crippen LogP contribution >= 0.6 is 0 Å². The first-order valence-electron chi connectivity index (χ1n) is 7.28. The van der Waals surface area contributed by atoms with Crippen molar-refractivity contribution in [3.05, 3.63) is 23.9 Å². The van der Waals surface area contributed by atoms with Crippen molar-refractivity contribution in [1.29, 1.82) is 0 Å². The highest BCUT2D eigenvalue weighted by molar-refractivity contribution is 7.91. The van der Waals surface area contributed by atoms with Crippen molar-refractivity contribution >= 4 is 15.8 Å². The second kappa shape index (κ2) is 7.44. The monoisotopic (exact) mass is 326 g/mol. The minimum absolute atomic E-state index is 0.0866. The Morgan fingerprint density at radius 3 is 3.00 bits per heavy atom. The van der Waals surface area contributed by atoms with Crippen molar-refractivity contribution < 1.29 is 13.2 Å². The van der Waals surface area contributed by atoms with Crippen molar-refractivity contribution in [1.82, 2.24) is 15.6 Å². The van der Waals surface area contributed by atoms with Gasteiger partial charge in [-0.3, -0.25) is 4.99 Å². The highest BCUT2D eigenvalue weighted by Crippen LogP contribution is 2.14. The van der Waals surface area contributed by atoms with Gasteiger partial charge in [0.2, 0.25) is 5.88 Å². The predicted molar refractivity (Wildman–Crippen MR) is 85.8 cm³/mol. The highest BCUT2D eigenvalue weighted by atomic mass is 32.2. The maximum Gasteiger partial charge on any atom is 0.218 e. The Morgan fingerprint density at radius 1 is 1.55 bits per heavy atom. The number of hydrogen-bond donors (Lipinski definition) is 2. The van der Waals surface area contributed by atoms with Crippen LogP contribution in [0.5, 0.6) is 5.88 Å². The van der Waals surface area contributed by atoms with Crippen LogP contribution in [0.3, 0.4) is 0 Å². The van der Waals surface area contributed by atoms with E-state index >= 15 is 0 Å². The van der Waals surface area contributed by atoms with Gasteiger partial charge in [0, 0.05) is 31.4 Å². The first kappa shape index (κ1) is 16.5. The number of ether oxygens (including phenoxy) is 1. The summed E-state index contributed by atoms with van der Waals surface area (Å²) in [7, 11) is -1.25. The smallest absolute Gasteiger partial charge is 0.218 e. The molecule has 22 heavy (non-hydrogen) atoms. The summed E-state index contributed by atoms with van der Waals surface area (Å²) in [5.74, 6) is 1.56. The van der Waals surface area contributed by atoms with Crippen molar-refractivity contribution in [2.45, 2.75) is 25.9 Å². The summed E-state index contributed by atoms with van der Waals surface area (Å²) in [5, 5.41) is 6.30. The summed E-state index contributed by atoms with van der Waals surface area (Å²) in [6.07, 6.45) is 2.30. The molecule has 1 aromatic rings. The summed E-state index contributed by atoms with van der Waals surface area (Å²) >= 11 is 0. The molecule has 0 aliphatic carbocycles. The second-order valence-electron chi connectivity index (χ2n) is 5.07. The number of hydrogen-bond acceptors (Lipinski definition) is 5. The van der Waals surface area contributed by atoms with E-state index in [0.717, 1.165) is 5.56 Å². The van der Waals surface area contributed by atoms with E-state index in [-0.39, 0.29) is 17.5 Å². The average Bonchev–Trinajstić information content (AvgIpc) is 2.84. The number of aliphatic imine (C=N–C) groups is 1. The summed E-state index contributed by atoms with van der Waals surface area (Å²) in [6, 6.07) is 3.69. The number of nitrogens with zero attached hydrogens (tertiary/aromatic N) is 2. The largest absolute Gasteiger partial charge is 0.478 e. The second-order valence-corrected chi connectivity index (χ2v) is 7.30. The maximum absolute atomic E-state index is 11.5. The van der Waals surface area contributed by atoms with Gasteiger partial charge in [0.25, 0.3) is 0 Å². The maximum atomic E-state index is 11.5. The fourth-order valence-corrected chi connectivity index (χ4v) is 3.97. The first-order valence-corrected chi connectivity index (χ1v) is 9.10. The van der Waals surface area contributed by atoms with Crippen molar-refractivity contribution in [2.75, 3.05) is 25.2 Å². The summed E-state index contributed by atoms with van der Waals surface area (Å²) in [4.78, 5) is 8.32. The van der Waals surface area contributed by atoms with Gasteiger partial charge in [0.15, 0.2) is 15.8 Å². The van der Waals surface area contributed by atoms with Crippen LogP contribution in [0.25, 0.3) is 0 Å². The van der Waals surface area contributed by atoms with Crippen LogP contribution in [0.2, 0.25) is 0 Å². The molecule has 7 nitrogen and oxygen atoms in total. The minimum atomic E-state index is -2.91. The molecule has 122 valence electrons. The molecule has 1 aromatic heterocycles. The minimum Gasteiger partial charge on any atom is -0.478 e. The highest BCUT2D eigenvalue weighted by Gasteiger charge is 2.28. The van der Waals surface area contributed by atoms with Crippen molar-refractivity contribution in [3.63, 3.8) is 0 Å². The fraction of sp³-hybridized carbons (Fsp3) is 0.571. The van der Waals surface area contributed by atoms with Gasteiger partial charge in [-0.2, -0.15) is 0 Å². The van der Waals surface area contributed by atoms with Crippen LogP contribution in [0.15, 0.2) is 23.3 Å². The lowest BCUT2D eigenvalue weighted by Gasteiger charge is -2.16. The van der Waals surface area contributed by atoms with E-state index in [9.17, 15) is 8.42 Å². The number of rotatable bonds is 5. The Bertz CT molecular complexity index is 631. The molecule has 0 bridgehead atoms. The fourth-order valence-electron chi connectivity index (χ4n) is 2.30. The first-order chi connectivity index (χ1) is 10.5. The van der Waals surface area contributed by atoms with Gasteiger partial charge in [0.1, 0.15) is 0 Å². The molecule has 1 unspecified atom stereocenters. The van der Waals surface area contributed by atoms with Gasteiger partial charge in [-0.1, -0.05) is 6.07 Å². The van der Waals surface area contributed by atoms with E-state index in [1.54, 1.807) is 13.2 Å². The lowest BCUT2D eigenvalue weighted by molar-refractivity contribution is 0.322. The number of pyridine rings is 1. The SMILES string of the molecule is CCOc1ncccc1CNC(=NC)NC1CCS(=O)(=O)C1. The number of aromatic nitrogens is 1. The quantitative estimate of drug-likeness (QED) is 0.598. The predicted octanol–water partition coefficient (Wildman–Crippen LogP) is 0.332. The summed E-state index contributed by atoms with van der Waals surface area (Å²) in [5.41, 5.74) is 0.923. The molecular weight excluding hydrogens is 304 g/mol. The number of sulfone groups is 1. The van der Waals surface area contributed by atoms with E-state index < -0.39 is 9.84 Å². The molecule has 0 amide bonds. The zero-order valence-corrected chi connectivity index (χ0v) is 13.7. The van der Waals surface area contributed by atoms with Crippen LogP contribution in [0.1, 0.15) is 18.9 Å². The van der Waals surface area contributed by atoms with Gasteiger partial charge in [-0.05, 0) is 19.4 Å². The summed E-state index contributed by atoms with van der Waals surface area (Å²) in [6.45, 7) is 2.96. The lowest BCUT2D eigenvalue weighted by atomic mass is 10.2. The van der Waals surface area contributed by atoms with Crippen LogP contribution < -0.4 is 15.4 Å². The molecule has 2 N–H and O–H groups in total. The third kappa shape index (κ3) is 4.59. The molecule has 1 aliphatic rings. The number of nitrogens with one attached hydrogen (secondary N) is 2. The zero-order chi connectivity index (χ0) is 16.0. The van der Waals surface area contributed by atoms with Gasteiger partial charge in [0.05, 0.1) is 18.1 Å². The van der Waals surface area contributed by atoms with Crippen LogP contribution in [0.4, 0.5) is 0 Å². The molecule has 8 heteroatoms. The molecule has 1 aliphatic heterocycles.